The number of hydrogen-bond acceptors (Lipinski definition) is 3. The largest absolute Gasteiger partial charge is 0.480 e. The lowest BCUT2D eigenvalue weighted by molar-refractivity contribution is -0.146. The molecule has 0 heterocycles. The van der Waals surface area contributed by atoms with Crippen molar-refractivity contribution in [2.24, 2.45) is 5.92 Å². The van der Waals surface area contributed by atoms with E-state index in [1.54, 1.807) is 6.92 Å². The van der Waals surface area contributed by atoms with Gasteiger partial charge in [-0.1, -0.05) is 26.7 Å². The number of nitrogens with one attached hydrogen (secondary N) is 1. The summed E-state index contributed by atoms with van der Waals surface area (Å²) in [6.07, 6.45) is 3.29. The molecule has 0 aliphatic heterocycles. The molecule has 0 spiro atoms. The maximum Gasteiger partial charge on any atom is 0.326 e. The summed E-state index contributed by atoms with van der Waals surface area (Å²) in [7, 11) is 1.52. The van der Waals surface area contributed by atoms with Crippen molar-refractivity contribution < 1.29 is 14.6 Å². The van der Waals surface area contributed by atoms with Gasteiger partial charge in [0.1, 0.15) is 5.54 Å². The fraction of sp³-hybridized carbons (Fsp3) is 0.923. The molecular formula is C13H27NO3. The van der Waals surface area contributed by atoms with Crippen LogP contribution in [0.15, 0.2) is 0 Å². The summed E-state index contributed by atoms with van der Waals surface area (Å²) in [4.78, 5) is 11.2. The Labute approximate surface area is 105 Å². The third-order valence-electron chi connectivity index (χ3n) is 2.89. The highest BCUT2D eigenvalue weighted by Gasteiger charge is 2.34. The quantitative estimate of drug-likeness (QED) is 0.654. The van der Waals surface area contributed by atoms with E-state index < -0.39 is 11.5 Å². The molecule has 0 aliphatic carbocycles. The molecule has 0 fully saturated rings. The summed E-state index contributed by atoms with van der Waals surface area (Å²) in [6, 6.07) is 0.185. The van der Waals surface area contributed by atoms with Gasteiger partial charge in [0.2, 0.25) is 0 Å². The molecule has 0 bridgehead atoms. The van der Waals surface area contributed by atoms with Crippen molar-refractivity contribution in [1.29, 1.82) is 0 Å². The zero-order valence-electron chi connectivity index (χ0n) is 11.7. The van der Waals surface area contributed by atoms with Crippen molar-refractivity contribution in [2.45, 2.75) is 58.5 Å². The first-order valence-corrected chi connectivity index (χ1v) is 6.32. The first kappa shape index (κ1) is 16.4. The standard InChI is InChI=1S/C13H27NO3/c1-10(2)7-6-8-11(3)14-13(4,9-17-5)12(15)16/h10-11,14H,6-9H2,1-5H3,(H,15,16). The Balaban J connectivity index is 4.13. The van der Waals surface area contributed by atoms with Crippen LogP contribution in [0.1, 0.15) is 47.0 Å². The smallest absolute Gasteiger partial charge is 0.326 e. The fourth-order valence-electron chi connectivity index (χ4n) is 1.90. The minimum atomic E-state index is -0.994. The number of rotatable bonds is 9. The van der Waals surface area contributed by atoms with Crippen molar-refractivity contribution in [3.63, 3.8) is 0 Å². The molecule has 0 aliphatic rings. The highest BCUT2D eigenvalue weighted by molar-refractivity contribution is 5.78. The third kappa shape index (κ3) is 6.64. The molecule has 0 aromatic carbocycles. The van der Waals surface area contributed by atoms with Crippen LogP contribution in [0, 0.1) is 5.92 Å². The third-order valence-corrected chi connectivity index (χ3v) is 2.89. The van der Waals surface area contributed by atoms with Gasteiger partial charge in [0, 0.05) is 13.2 Å². The second-order valence-electron chi connectivity index (χ2n) is 5.44. The van der Waals surface area contributed by atoms with E-state index in [1.807, 2.05) is 6.92 Å². The van der Waals surface area contributed by atoms with E-state index in [9.17, 15) is 9.90 Å². The number of aliphatic carboxylic acids is 1. The molecule has 0 amide bonds. The monoisotopic (exact) mass is 245 g/mol. The van der Waals surface area contributed by atoms with Gasteiger partial charge in [-0.2, -0.15) is 0 Å². The molecule has 0 rings (SSSR count). The molecule has 0 saturated heterocycles. The molecule has 0 aromatic heterocycles. The van der Waals surface area contributed by atoms with Crippen LogP contribution >= 0.6 is 0 Å². The van der Waals surface area contributed by atoms with Crippen molar-refractivity contribution in [3.05, 3.63) is 0 Å². The van der Waals surface area contributed by atoms with Gasteiger partial charge in [0.25, 0.3) is 0 Å². The van der Waals surface area contributed by atoms with Crippen LogP contribution in [0.3, 0.4) is 0 Å². The van der Waals surface area contributed by atoms with E-state index in [2.05, 4.69) is 19.2 Å². The number of carboxylic acid groups (broad SMARTS) is 1. The summed E-state index contributed by atoms with van der Waals surface area (Å²) in [5.41, 5.74) is -0.994. The van der Waals surface area contributed by atoms with Crippen LogP contribution in [-0.2, 0) is 9.53 Å². The highest BCUT2D eigenvalue weighted by Crippen LogP contribution is 2.12. The predicted molar refractivity (Wildman–Crippen MR) is 69.2 cm³/mol. The summed E-state index contributed by atoms with van der Waals surface area (Å²) < 4.78 is 4.97. The average molecular weight is 245 g/mol. The maximum absolute atomic E-state index is 11.2. The number of hydrogen-bond donors (Lipinski definition) is 2. The summed E-state index contributed by atoms with van der Waals surface area (Å²) in [5.74, 6) is -0.165. The predicted octanol–water partition coefficient (Wildman–Crippen LogP) is 2.28. The van der Waals surface area contributed by atoms with Gasteiger partial charge >= 0.3 is 5.97 Å². The minimum absolute atomic E-state index is 0.177. The van der Waals surface area contributed by atoms with Crippen LogP contribution < -0.4 is 5.32 Å². The zero-order chi connectivity index (χ0) is 13.5. The molecule has 2 N–H and O–H groups in total. The van der Waals surface area contributed by atoms with Gasteiger partial charge in [-0.15, -0.1) is 0 Å². The second-order valence-corrected chi connectivity index (χ2v) is 5.44. The van der Waals surface area contributed by atoms with Crippen LogP contribution in [0.5, 0.6) is 0 Å². The molecule has 0 radical (unpaired) electrons. The van der Waals surface area contributed by atoms with Gasteiger partial charge in [0.05, 0.1) is 6.61 Å². The molecule has 4 nitrogen and oxygen atoms in total. The van der Waals surface area contributed by atoms with Crippen LogP contribution in [-0.4, -0.2) is 36.4 Å². The number of carbonyl (C=O) groups is 1. The van der Waals surface area contributed by atoms with Gasteiger partial charge in [-0.3, -0.25) is 10.1 Å². The van der Waals surface area contributed by atoms with Gasteiger partial charge in [0.15, 0.2) is 0 Å². The zero-order valence-corrected chi connectivity index (χ0v) is 11.7. The molecule has 4 heteroatoms. The molecule has 102 valence electrons. The topological polar surface area (TPSA) is 58.6 Å². The van der Waals surface area contributed by atoms with E-state index in [0.717, 1.165) is 12.8 Å². The van der Waals surface area contributed by atoms with Crippen molar-refractivity contribution >= 4 is 5.97 Å². The van der Waals surface area contributed by atoms with E-state index in [4.69, 9.17) is 4.74 Å². The minimum Gasteiger partial charge on any atom is -0.480 e. The maximum atomic E-state index is 11.2. The molecular weight excluding hydrogens is 218 g/mol. The molecule has 2 atom stereocenters. The van der Waals surface area contributed by atoms with E-state index in [1.165, 1.54) is 13.5 Å². The summed E-state index contributed by atoms with van der Waals surface area (Å²) in [5, 5.41) is 12.3. The highest BCUT2D eigenvalue weighted by atomic mass is 16.5. The Hall–Kier alpha value is -0.610. The normalized spacial score (nSPS) is 16.8. The van der Waals surface area contributed by atoms with Crippen molar-refractivity contribution in [1.82, 2.24) is 5.32 Å². The molecule has 17 heavy (non-hydrogen) atoms. The Morgan fingerprint density at radius 3 is 2.35 bits per heavy atom. The lowest BCUT2D eigenvalue weighted by atomic mass is 9.99. The first-order chi connectivity index (χ1) is 7.81. The first-order valence-electron chi connectivity index (χ1n) is 6.32. The SMILES string of the molecule is COCC(C)(NC(C)CCCC(C)C)C(=O)O. The lowest BCUT2D eigenvalue weighted by Gasteiger charge is -2.29. The number of methoxy groups -OCH3 is 1. The van der Waals surface area contributed by atoms with E-state index in [0.29, 0.717) is 5.92 Å². The Kier molecular flexibility index (Phi) is 7.39. The second kappa shape index (κ2) is 7.67. The summed E-state index contributed by atoms with van der Waals surface area (Å²) in [6.45, 7) is 8.26. The van der Waals surface area contributed by atoms with Crippen molar-refractivity contribution in [2.75, 3.05) is 13.7 Å². The van der Waals surface area contributed by atoms with Crippen LogP contribution in [0.4, 0.5) is 0 Å². The van der Waals surface area contributed by atoms with Crippen LogP contribution in [0.2, 0.25) is 0 Å². The van der Waals surface area contributed by atoms with E-state index >= 15 is 0 Å². The Morgan fingerprint density at radius 2 is 1.94 bits per heavy atom. The summed E-state index contributed by atoms with van der Waals surface area (Å²) >= 11 is 0. The Bertz CT molecular complexity index is 231. The van der Waals surface area contributed by atoms with Crippen LogP contribution in [0.25, 0.3) is 0 Å². The number of ether oxygens (including phenoxy) is 1. The Morgan fingerprint density at radius 1 is 1.35 bits per heavy atom. The molecule has 0 aromatic rings. The molecule has 2 unspecified atom stereocenters. The van der Waals surface area contributed by atoms with E-state index in [-0.39, 0.29) is 12.6 Å². The van der Waals surface area contributed by atoms with Gasteiger partial charge < -0.3 is 9.84 Å². The number of carboxylic acids is 1. The van der Waals surface area contributed by atoms with Crippen molar-refractivity contribution in [3.8, 4) is 0 Å². The average Bonchev–Trinajstić information content (AvgIpc) is 2.16. The fourth-order valence-corrected chi connectivity index (χ4v) is 1.90. The molecule has 0 saturated carbocycles. The van der Waals surface area contributed by atoms with Gasteiger partial charge in [-0.05, 0) is 26.2 Å². The lowest BCUT2D eigenvalue weighted by Crippen LogP contribution is -2.56. The van der Waals surface area contributed by atoms with Gasteiger partial charge in [-0.25, -0.2) is 0 Å².